The predicted molar refractivity (Wildman–Crippen MR) is 63.5 cm³/mol. The van der Waals surface area contributed by atoms with Crippen LogP contribution in [0.4, 0.5) is 5.69 Å². The fourth-order valence-electron chi connectivity index (χ4n) is 1.68. The Morgan fingerprint density at radius 1 is 1.47 bits per heavy atom. The highest BCUT2D eigenvalue weighted by Crippen LogP contribution is 2.42. The summed E-state index contributed by atoms with van der Waals surface area (Å²) in [6, 6.07) is 3.31. The minimum Gasteiger partial charge on any atom is -0.545 e. The number of aromatic carboxylic acids is 1. The molecule has 6 heteroatoms. The number of nitro benzene ring substituents is 1. The van der Waals surface area contributed by atoms with Gasteiger partial charge in [0.05, 0.1) is 10.9 Å². The van der Waals surface area contributed by atoms with Crippen LogP contribution in [0.5, 0.6) is 5.75 Å². The first kappa shape index (κ1) is 12.9. The van der Waals surface area contributed by atoms with Crippen LogP contribution in [-0.4, -0.2) is 16.5 Å². The molecular formula is C13H10NO5-. The first-order chi connectivity index (χ1) is 8.97. The number of hydrogen-bond acceptors (Lipinski definition) is 5. The van der Waals surface area contributed by atoms with Gasteiger partial charge in [-0.1, -0.05) is 5.92 Å². The van der Waals surface area contributed by atoms with E-state index in [9.17, 15) is 20.0 Å². The standard InChI is InChI=1S/C13H11NO5/c1-2-5-13(6-7-13)19-11-8-9(12(15)16)3-4-10(11)14(17)18/h3-4,8H,6-7H2,1H3,(H,15,16)/p-1. The normalized spacial score (nSPS) is 15.0. The largest absolute Gasteiger partial charge is 0.545 e. The molecule has 0 unspecified atom stereocenters. The summed E-state index contributed by atoms with van der Waals surface area (Å²) in [5.41, 5.74) is -1.17. The van der Waals surface area contributed by atoms with Gasteiger partial charge in [-0.15, -0.1) is 5.92 Å². The highest BCUT2D eigenvalue weighted by Gasteiger charge is 2.45. The Morgan fingerprint density at radius 3 is 2.63 bits per heavy atom. The van der Waals surface area contributed by atoms with Crippen molar-refractivity contribution in [2.24, 2.45) is 0 Å². The molecule has 0 aromatic heterocycles. The fraction of sp³-hybridized carbons (Fsp3) is 0.308. The lowest BCUT2D eigenvalue weighted by atomic mass is 10.2. The van der Waals surface area contributed by atoms with Crippen LogP contribution < -0.4 is 9.84 Å². The Bertz CT molecular complexity index is 607. The number of carboxylic acids is 1. The number of benzene rings is 1. The van der Waals surface area contributed by atoms with Crippen LogP contribution in [0.3, 0.4) is 0 Å². The van der Waals surface area contributed by atoms with Gasteiger partial charge in [-0.05, 0) is 19.1 Å². The number of carbonyl (C=O) groups excluding carboxylic acids is 1. The van der Waals surface area contributed by atoms with Crippen molar-refractivity contribution >= 4 is 11.7 Å². The van der Waals surface area contributed by atoms with E-state index in [1.165, 1.54) is 0 Å². The van der Waals surface area contributed by atoms with Crippen molar-refractivity contribution in [2.45, 2.75) is 25.4 Å². The molecule has 1 saturated carbocycles. The molecule has 0 spiro atoms. The molecule has 1 aliphatic carbocycles. The number of hydrogen-bond donors (Lipinski definition) is 0. The molecule has 2 rings (SSSR count). The van der Waals surface area contributed by atoms with Gasteiger partial charge in [-0.25, -0.2) is 0 Å². The van der Waals surface area contributed by atoms with Crippen molar-refractivity contribution < 1.29 is 19.6 Å². The smallest absolute Gasteiger partial charge is 0.311 e. The van der Waals surface area contributed by atoms with Crippen molar-refractivity contribution in [2.75, 3.05) is 0 Å². The van der Waals surface area contributed by atoms with Crippen LogP contribution in [0, 0.1) is 22.0 Å². The topological polar surface area (TPSA) is 92.5 Å². The molecule has 0 atom stereocenters. The van der Waals surface area contributed by atoms with E-state index >= 15 is 0 Å². The average Bonchev–Trinajstić information content (AvgIpc) is 3.08. The second-order valence-electron chi connectivity index (χ2n) is 4.20. The van der Waals surface area contributed by atoms with Crippen LogP contribution >= 0.6 is 0 Å². The Morgan fingerprint density at radius 2 is 2.16 bits per heavy atom. The first-order valence-electron chi connectivity index (χ1n) is 5.60. The number of carbonyl (C=O) groups is 1. The summed E-state index contributed by atoms with van der Waals surface area (Å²) < 4.78 is 5.53. The molecule has 0 heterocycles. The van der Waals surface area contributed by atoms with Gasteiger partial charge < -0.3 is 14.6 Å². The van der Waals surface area contributed by atoms with Crippen LogP contribution in [0.2, 0.25) is 0 Å². The SMILES string of the molecule is CC#CC1(Oc2cc(C(=O)[O-])ccc2[N+](=O)[O-])CC1. The number of nitro groups is 1. The monoisotopic (exact) mass is 260 g/mol. The summed E-state index contributed by atoms with van der Waals surface area (Å²) in [7, 11) is 0. The Labute approximate surface area is 109 Å². The van der Waals surface area contributed by atoms with Crippen LogP contribution in [-0.2, 0) is 0 Å². The fourth-order valence-corrected chi connectivity index (χ4v) is 1.68. The molecule has 0 radical (unpaired) electrons. The van der Waals surface area contributed by atoms with E-state index in [4.69, 9.17) is 4.74 Å². The van der Waals surface area contributed by atoms with E-state index in [0.717, 1.165) is 18.2 Å². The molecule has 0 saturated heterocycles. The number of ether oxygens (including phenoxy) is 1. The van der Waals surface area contributed by atoms with Crippen LogP contribution in [0.15, 0.2) is 18.2 Å². The Hall–Kier alpha value is -2.55. The van der Waals surface area contributed by atoms with Gasteiger partial charge >= 0.3 is 5.69 Å². The predicted octanol–water partition coefficient (Wildman–Crippen LogP) is 0.893. The van der Waals surface area contributed by atoms with Gasteiger partial charge in [-0.3, -0.25) is 10.1 Å². The van der Waals surface area contributed by atoms with Gasteiger partial charge in [0.25, 0.3) is 0 Å². The second kappa shape index (κ2) is 4.61. The zero-order valence-corrected chi connectivity index (χ0v) is 10.1. The molecule has 1 aromatic carbocycles. The van der Waals surface area contributed by atoms with Crippen molar-refractivity contribution in [1.82, 2.24) is 0 Å². The van der Waals surface area contributed by atoms with E-state index in [2.05, 4.69) is 11.8 Å². The maximum atomic E-state index is 10.9. The third kappa shape index (κ3) is 2.65. The maximum absolute atomic E-state index is 10.9. The molecule has 0 bridgehead atoms. The van der Waals surface area contributed by atoms with Gasteiger partial charge in [0.1, 0.15) is 0 Å². The number of nitrogens with zero attached hydrogens (tertiary/aromatic N) is 1. The molecule has 98 valence electrons. The van der Waals surface area contributed by atoms with Crippen molar-refractivity contribution in [3.8, 4) is 17.6 Å². The van der Waals surface area contributed by atoms with E-state index in [0.29, 0.717) is 12.8 Å². The second-order valence-corrected chi connectivity index (χ2v) is 4.20. The molecule has 0 amide bonds. The van der Waals surface area contributed by atoms with Crippen molar-refractivity contribution in [3.63, 3.8) is 0 Å². The van der Waals surface area contributed by atoms with Crippen molar-refractivity contribution in [1.29, 1.82) is 0 Å². The summed E-state index contributed by atoms with van der Waals surface area (Å²) in [6.07, 6.45) is 1.33. The Balaban J connectivity index is 2.40. The summed E-state index contributed by atoms with van der Waals surface area (Å²) in [5.74, 6) is 4.04. The van der Waals surface area contributed by atoms with Gasteiger partial charge in [-0.2, -0.15) is 0 Å². The zero-order chi connectivity index (χ0) is 14.0. The lowest BCUT2D eigenvalue weighted by Gasteiger charge is -2.13. The molecular weight excluding hydrogens is 250 g/mol. The summed E-state index contributed by atoms with van der Waals surface area (Å²) >= 11 is 0. The van der Waals surface area contributed by atoms with Crippen molar-refractivity contribution in [3.05, 3.63) is 33.9 Å². The summed E-state index contributed by atoms with van der Waals surface area (Å²) in [6.45, 7) is 1.65. The van der Waals surface area contributed by atoms with E-state index in [1.54, 1.807) is 6.92 Å². The molecule has 19 heavy (non-hydrogen) atoms. The number of rotatable bonds is 4. The van der Waals surface area contributed by atoms with E-state index in [-0.39, 0.29) is 17.0 Å². The highest BCUT2D eigenvalue weighted by molar-refractivity contribution is 5.87. The molecule has 1 aromatic rings. The van der Waals surface area contributed by atoms with Gasteiger partial charge in [0.2, 0.25) is 0 Å². The summed E-state index contributed by atoms with van der Waals surface area (Å²) in [5, 5.41) is 21.7. The van der Waals surface area contributed by atoms with Gasteiger partial charge in [0, 0.05) is 24.5 Å². The van der Waals surface area contributed by atoms with E-state index in [1.807, 2.05) is 0 Å². The summed E-state index contributed by atoms with van der Waals surface area (Å²) in [4.78, 5) is 21.0. The zero-order valence-electron chi connectivity index (χ0n) is 10.1. The minimum absolute atomic E-state index is 0.0908. The lowest BCUT2D eigenvalue weighted by Crippen LogP contribution is -2.23. The third-order valence-corrected chi connectivity index (χ3v) is 2.75. The molecule has 1 fully saturated rings. The quantitative estimate of drug-likeness (QED) is 0.455. The molecule has 0 aliphatic heterocycles. The lowest BCUT2D eigenvalue weighted by molar-refractivity contribution is -0.386. The van der Waals surface area contributed by atoms with Crippen LogP contribution in [0.1, 0.15) is 30.1 Å². The van der Waals surface area contributed by atoms with E-state index < -0.39 is 16.5 Å². The minimum atomic E-state index is -1.41. The van der Waals surface area contributed by atoms with Crippen LogP contribution in [0.25, 0.3) is 0 Å². The molecule has 0 N–H and O–H groups in total. The van der Waals surface area contributed by atoms with Gasteiger partial charge in [0.15, 0.2) is 11.4 Å². The molecule has 1 aliphatic rings. The Kier molecular flexibility index (Phi) is 3.13. The maximum Gasteiger partial charge on any atom is 0.311 e. The third-order valence-electron chi connectivity index (χ3n) is 2.75. The first-order valence-corrected chi connectivity index (χ1v) is 5.60. The highest BCUT2D eigenvalue weighted by atomic mass is 16.6. The average molecular weight is 260 g/mol. The molecule has 6 nitrogen and oxygen atoms in total. The number of carboxylic acid groups (broad SMARTS) is 1.